The van der Waals surface area contributed by atoms with Crippen LogP contribution in [0.4, 0.5) is 0 Å². The van der Waals surface area contributed by atoms with Crippen molar-refractivity contribution in [3.05, 3.63) is 329 Å². The normalized spacial score (nSPS) is 13.8. The third kappa shape index (κ3) is 7.35. The molecular formula is C74H58N2. The Bertz CT molecular complexity index is 3960. The molecule has 0 aliphatic heterocycles. The second kappa shape index (κ2) is 18.5. The molecule has 0 bridgehead atoms. The molecule has 76 heavy (non-hydrogen) atoms. The molecule has 0 fully saturated rings. The van der Waals surface area contributed by atoms with Gasteiger partial charge in [0.2, 0.25) is 0 Å². The van der Waals surface area contributed by atoms with E-state index in [0.717, 1.165) is 36.8 Å². The number of fused-ring (bicyclic) bond motifs is 18. The molecule has 10 aromatic carbocycles. The van der Waals surface area contributed by atoms with E-state index in [1.54, 1.807) is 0 Å². The van der Waals surface area contributed by atoms with E-state index in [-0.39, 0.29) is 10.8 Å². The minimum atomic E-state index is -0.375. The summed E-state index contributed by atoms with van der Waals surface area (Å²) in [6.45, 7) is 8.65. The fourth-order valence-electron chi connectivity index (χ4n) is 14.5. The molecule has 0 atom stereocenters. The largest absolute Gasteiger partial charge is 0.198 e. The SMILES string of the molecule is Cc1cc(C)cc(Cc2cc3c(cc2CC#N)C2(c4ccccc4C3)c3ccccc3-c3ccccc32)c1.Cc1cc(C)cc(Cc2cc3c(cc2CC#N)Cc2ccccc2C32c3ccccc3-c3ccccc32)c1. The van der Waals surface area contributed by atoms with E-state index in [4.69, 9.17) is 0 Å². The van der Waals surface area contributed by atoms with Crippen LogP contribution in [-0.2, 0) is 49.4 Å². The highest BCUT2D eigenvalue weighted by atomic mass is 14.5. The van der Waals surface area contributed by atoms with Gasteiger partial charge in [0.15, 0.2) is 0 Å². The molecule has 364 valence electrons. The monoisotopic (exact) mass is 974 g/mol. The summed E-state index contributed by atoms with van der Waals surface area (Å²) in [6, 6.07) is 81.8. The fraction of sp³-hybridized carbons (Fsp3) is 0.162. The summed E-state index contributed by atoms with van der Waals surface area (Å²) in [7, 11) is 0. The molecule has 14 rings (SSSR count). The summed E-state index contributed by atoms with van der Waals surface area (Å²) in [4.78, 5) is 0. The number of hydrogen-bond donors (Lipinski definition) is 0. The van der Waals surface area contributed by atoms with Crippen LogP contribution in [0.5, 0.6) is 0 Å². The summed E-state index contributed by atoms with van der Waals surface area (Å²) in [5.41, 5.74) is 33.4. The summed E-state index contributed by atoms with van der Waals surface area (Å²) in [6.07, 6.45) is 4.30. The van der Waals surface area contributed by atoms with Gasteiger partial charge in [-0.3, -0.25) is 0 Å². The van der Waals surface area contributed by atoms with E-state index in [0.29, 0.717) is 12.8 Å². The van der Waals surface area contributed by atoms with Crippen LogP contribution in [0.1, 0.15) is 122 Å². The minimum absolute atomic E-state index is 0.361. The molecule has 0 unspecified atom stereocenters. The van der Waals surface area contributed by atoms with Crippen LogP contribution in [0.2, 0.25) is 0 Å². The van der Waals surface area contributed by atoms with Gasteiger partial charge in [-0.15, -0.1) is 0 Å². The van der Waals surface area contributed by atoms with Crippen LogP contribution in [0.3, 0.4) is 0 Å². The summed E-state index contributed by atoms with van der Waals surface area (Å²) in [5, 5.41) is 19.7. The predicted molar refractivity (Wildman–Crippen MR) is 309 cm³/mol. The van der Waals surface area contributed by atoms with Crippen molar-refractivity contribution >= 4 is 0 Å². The zero-order chi connectivity index (χ0) is 51.7. The highest BCUT2D eigenvalue weighted by Crippen LogP contribution is 2.61. The van der Waals surface area contributed by atoms with Crippen LogP contribution in [0.25, 0.3) is 22.3 Å². The number of aryl methyl sites for hydroxylation is 4. The lowest BCUT2D eigenvalue weighted by atomic mass is 9.61. The Morgan fingerprint density at radius 2 is 0.618 bits per heavy atom. The Morgan fingerprint density at radius 3 is 1.00 bits per heavy atom. The average Bonchev–Trinajstić information content (AvgIpc) is 3.97. The Hall–Kier alpha value is -8.82. The van der Waals surface area contributed by atoms with Gasteiger partial charge in [0.25, 0.3) is 0 Å². The van der Waals surface area contributed by atoms with Crippen LogP contribution in [0.15, 0.2) is 206 Å². The fourth-order valence-corrected chi connectivity index (χ4v) is 14.5. The topological polar surface area (TPSA) is 47.6 Å². The molecule has 2 heteroatoms. The van der Waals surface area contributed by atoms with Gasteiger partial charge in [-0.1, -0.05) is 229 Å². The van der Waals surface area contributed by atoms with Crippen molar-refractivity contribution in [2.24, 2.45) is 0 Å². The average molecular weight is 975 g/mol. The van der Waals surface area contributed by atoms with Crippen molar-refractivity contribution in [2.75, 3.05) is 0 Å². The van der Waals surface area contributed by atoms with Gasteiger partial charge in [0.1, 0.15) is 0 Å². The Balaban J connectivity index is 0.000000146. The van der Waals surface area contributed by atoms with E-state index in [1.807, 2.05) is 0 Å². The van der Waals surface area contributed by atoms with Gasteiger partial charge in [0, 0.05) is 0 Å². The van der Waals surface area contributed by atoms with Crippen molar-refractivity contribution in [3.63, 3.8) is 0 Å². The number of benzene rings is 10. The molecule has 2 spiro atoms. The molecule has 0 aromatic heterocycles. The molecule has 0 radical (unpaired) electrons. The highest BCUT2D eigenvalue weighted by molar-refractivity contribution is 5.89. The maximum Gasteiger partial charge on any atom is 0.0719 e. The molecule has 0 amide bonds. The van der Waals surface area contributed by atoms with E-state index >= 15 is 0 Å². The quantitative estimate of drug-likeness (QED) is 0.167. The molecule has 0 saturated carbocycles. The standard InChI is InChI=1S/2C37H29N/c1-24-17-25(2)19-26(18-24)20-29-22-30-21-28-9-3-6-12-33(28)37(36(30)23-27(29)15-16-38)34-13-7-4-10-31(34)32-11-5-8-14-35(32)37;1-24-17-25(2)19-26(18-24)20-29-23-36-30(21-27(29)15-16-38)22-28-9-3-6-12-33(28)37(36)34-13-7-4-10-31(34)32-11-5-8-14-35(32)37/h3-14,17-19,22-23H,15,20-21H2,1-2H3;3-14,17-19,21,23H,15,20,22H2,1-2H3. The molecule has 0 saturated heterocycles. The first kappa shape index (κ1) is 46.9. The van der Waals surface area contributed by atoms with Crippen molar-refractivity contribution < 1.29 is 0 Å². The van der Waals surface area contributed by atoms with Crippen molar-refractivity contribution in [2.45, 2.75) is 77.0 Å². The first-order valence-electron chi connectivity index (χ1n) is 26.9. The van der Waals surface area contributed by atoms with Gasteiger partial charge in [-0.25, -0.2) is 0 Å². The Kier molecular flexibility index (Phi) is 11.4. The van der Waals surface area contributed by atoms with Crippen LogP contribution in [-0.4, -0.2) is 0 Å². The summed E-state index contributed by atoms with van der Waals surface area (Å²) in [5.74, 6) is 0. The first-order valence-corrected chi connectivity index (χ1v) is 26.9. The van der Waals surface area contributed by atoms with Crippen LogP contribution in [0, 0.1) is 50.4 Å². The maximum atomic E-state index is 9.88. The third-order valence-electron chi connectivity index (χ3n) is 17.1. The number of rotatable bonds is 6. The zero-order valence-electron chi connectivity index (χ0n) is 43.8. The number of nitrogens with zero attached hydrogens (tertiary/aromatic N) is 2. The Morgan fingerprint density at radius 1 is 0.316 bits per heavy atom. The third-order valence-corrected chi connectivity index (χ3v) is 17.1. The first-order chi connectivity index (χ1) is 37.2. The van der Waals surface area contributed by atoms with Crippen molar-refractivity contribution in [1.29, 1.82) is 10.5 Å². The second-order valence-electron chi connectivity index (χ2n) is 21.9. The van der Waals surface area contributed by atoms with Gasteiger partial charge < -0.3 is 0 Å². The highest BCUT2D eigenvalue weighted by Gasteiger charge is 2.51. The molecule has 4 aliphatic rings. The maximum absolute atomic E-state index is 9.88. The molecule has 4 aliphatic carbocycles. The summed E-state index contributed by atoms with van der Waals surface area (Å²) >= 11 is 0. The molecule has 0 N–H and O–H groups in total. The van der Waals surface area contributed by atoms with E-state index in [9.17, 15) is 10.5 Å². The molecule has 0 heterocycles. The van der Waals surface area contributed by atoms with Crippen molar-refractivity contribution in [1.82, 2.24) is 0 Å². The van der Waals surface area contributed by atoms with Gasteiger partial charge in [0.05, 0.1) is 35.8 Å². The molecule has 2 nitrogen and oxygen atoms in total. The van der Waals surface area contributed by atoms with Gasteiger partial charge in [-0.2, -0.15) is 10.5 Å². The lowest BCUT2D eigenvalue weighted by Crippen LogP contribution is -2.34. The second-order valence-corrected chi connectivity index (χ2v) is 21.9. The minimum Gasteiger partial charge on any atom is -0.198 e. The van der Waals surface area contributed by atoms with E-state index < -0.39 is 0 Å². The number of hydrogen-bond acceptors (Lipinski definition) is 2. The van der Waals surface area contributed by atoms with Gasteiger partial charge in [-0.05, 0) is 176 Å². The summed E-state index contributed by atoms with van der Waals surface area (Å²) < 4.78 is 0. The van der Waals surface area contributed by atoms with Crippen LogP contribution < -0.4 is 0 Å². The van der Waals surface area contributed by atoms with Gasteiger partial charge >= 0.3 is 0 Å². The van der Waals surface area contributed by atoms with Crippen molar-refractivity contribution in [3.8, 4) is 34.4 Å². The lowest BCUT2D eigenvalue weighted by molar-refractivity contribution is 0.718. The molecular weight excluding hydrogens is 917 g/mol. The Labute approximate surface area is 448 Å². The van der Waals surface area contributed by atoms with E-state index in [2.05, 4.69) is 246 Å². The molecule has 10 aromatic rings. The lowest BCUT2D eigenvalue weighted by Gasteiger charge is -2.41. The van der Waals surface area contributed by atoms with E-state index in [1.165, 1.54) is 134 Å². The zero-order valence-corrected chi connectivity index (χ0v) is 43.8. The number of nitriles is 2. The predicted octanol–water partition coefficient (Wildman–Crippen LogP) is 16.5. The smallest absolute Gasteiger partial charge is 0.0719 e. The van der Waals surface area contributed by atoms with Crippen LogP contribution >= 0.6 is 0 Å².